The van der Waals surface area contributed by atoms with Crippen molar-refractivity contribution in [3.63, 3.8) is 0 Å². The molecule has 2 aliphatic rings. The van der Waals surface area contributed by atoms with Crippen LogP contribution in [0.4, 0.5) is 0 Å². The van der Waals surface area contributed by atoms with Crippen LogP contribution in [0, 0.1) is 0 Å². The van der Waals surface area contributed by atoms with Crippen molar-refractivity contribution in [3.05, 3.63) is 35.4 Å². The van der Waals surface area contributed by atoms with Crippen LogP contribution >= 0.6 is 24.8 Å². The highest BCUT2D eigenvalue weighted by Crippen LogP contribution is 2.10. The lowest BCUT2D eigenvalue weighted by atomic mass is 10.1. The first-order chi connectivity index (χ1) is 12.2. The second kappa shape index (κ2) is 12.5. The summed E-state index contributed by atoms with van der Waals surface area (Å²) in [4.78, 5) is 19.6. The van der Waals surface area contributed by atoms with Crippen LogP contribution in [0.15, 0.2) is 24.3 Å². The van der Waals surface area contributed by atoms with Gasteiger partial charge in [-0.2, -0.15) is 0 Å². The minimum Gasteiger partial charge on any atom is -0.351 e. The predicted molar refractivity (Wildman–Crippen MR) is 115 cm³/mol. The van der Waals surface area contributed by atoms with Crippen molar-refractivity contribution in [1.29, 1.82) is 0 Å². The highest BCUT2D eigenvalue weighted by molar-refractivity contribution is 5.94. The van der Waals surface area contributed by atoms with Crippen LogP contribution in [-0.4, -0.2) is 93.1 Å². The molecule has 27 heavy (non-hydrogen) atoms. The van der Waals surface area contributed by atoms with Gasteiger partial charge < -0.3 is 15.5 Å². The van der Waals surface area contributed by atoms with Gasteiger partial charge in [-0.1, -0.05) is 12.1 Å². The number of rotatable bonds is 6. The van der Waals surface area contributed by atoms with Crippen molar-refractivity contribution in [3.8, 4) is 0 Å². The summed E-state index contributed by atoms with van der Waals surface area (Å²) in [6, 6.07) is 8.07. The summed E-state index contributed by atoms with van der Waals surface area (Å²) < 4.78 is 0. The summed E-state index contributed by atoms with van der Waals surface area (Å²) in [5.74, 6) is 0.0374. The van der Waals surface area contributed by atoms with Gasteiger partial charge in [-0.15, -0.1) is 24.8 Å². The van der Waals surface area contributed by atoms with Gasteiger partial charge in [0.25, 0.3) is 5.91 Å². The number of halogens is 2. The molecule has 0 saturated carbocycles. The van der Waals surface area contributed by atoms with Crippen LogP contribution in [0.5, 0.6) is 0 Å². The van der Waals surface area contributed by atoms with E-state index >= 15 is 0 Å². The second-order valence-electron chi connectivity index (χ2n) is 7.13. The van der Waals surface area contributed by atoms with E-state index in [9.17, 15) is 4.79 Å². The quantitative estimate of drug-likeness (QED) is 0.720. The Kier molecular flexibility index (Phi) is 11.2. The molecule has 1 amide bonds. The Morgan fingerprint density at radius 3 is 2.44 bits per heavy atom. The molecule has 0 spiro atoms. The fraction of sp³-hybridized carbons (Fsp3) is 0.632. The number of nitrogens with zero attached hydrogens (tertiary/aromatic N) is 3. The fourth-order valence-corrected chi connectivity index (χ4v) is 3.44. The summed E-state index contributed by atoms with van der Waals surface area (Å²) in [5.41, 5.74) is 1.99. The highest BCUT2D eigenvalue weighted by Gasteiger charge is 2.15. The molecule has 2 fully saturated rings. The molecule has 0 radical (unpaired) electrons. The maximum Gasteiger partial charge on any atom is 0.251 e. The molecule has 0 unspecified atom stereocenters. The van der Waals surface area contributed by atoms with Crippen LogP contribution in [-0.2, 0) is 6.54 Å². The Morgan fingerprint density at radius 2 is 1.74 bits per heavy atom. The number of likely N-dealkylation sites (N-methyl/N-ethyl adjacent to an activating group) is 1. The molecule has 0 atom stereocenters. The number of benzene rings is 1. The largest absolute Gasteiger partial charge is 0.351 e. The smallest absolute Gasteiger partial charge is 0.251 e. The zero-order chi connectivity index (χ0) is 17.5. The Morgan fingerprint density at radius 1 is 1.04 bits per heavy atom. The van der Waals surface area contributed by atoms with Gasteiger partial charge in [0.15, 0.2) is 0 Å². The van der Waals surface area contributed by atoms with Crippen molar-refractivity contribution in [2.75, 3.05) is 72.5 Å². The zero-order valence-electron chi connectivity index (χ0n) is 16.2. The second-order valence-corrected chi connectivity index (χ2v) is 7.13. The number of carbonyl (C=O) groups is 1. The van der Waals surface area contributed by atoms with E-state index in [1.807, 2.05) is 18.2 Å². The lowest BCUT2D eigenvalue weighted by Crippen LogP contribution is -2.46. The number of amides is 1. The van der Waals surface area contributed by atoms with Crippen molar-refractivity contribution < 1.29 is 4.79 Å². The van der Waals surface area contributed by atoms with E-state index in [1.165, 1.54) is 5.56 Å². The molecule has 1 aromatic carbocycles. The van der Waals surface area contributed by atoms with Gasteiger partial charge in [0.05, 0.1) is 0 Å². The number of hydrogen-bond donors (Lipinski definition) is 2. The summed E-state index contributed by atoms with van der Waals surface area (Å²) in [5, 5.41) is 6.41. The Labute approximate surface area is 175 Å². The Balaban J connectivity index is 0.00000182. The lowest BCUT2D eigenvalue weighted by Gasteiger charge is -2.32. The summed E-state index contributed by atoms with van der Waals surface area (Å²) in [7, 11) is 2.17. The van der Waals surface area contributed by atoms with Crippen molar-refractivity contribution >= 4 is 30.7 Å². The van der Waals surface area contributed by atoms with Gasteiger partial charge in [0.2, 0.25) is 0 Å². The Bertz CT molecular complexity index is 561. The maximum absolute atomic E-state index is 12.4. The molecule has 0 aliphatic carbocycles. The molecule has 0 bridgehead atoms. The van der Waals surface area contributed by atoms with Gasteiger partial charge in [0.1, 0.15) is 0 Å². The van der Waals surface area contributed by atoms with E-state index in [2.05, 4.69) is 38.4 Å². The number of hydrogen-bond acceptors (Lipinski definition) is 5. The lowest BCUT2D eigenvalue weighted by molar-refractivity contribution is 0.0947. The van der Waals surface area contributed by atoms with Crippen molar-refractivity contribution in [2.24, 2.45) is 0 Å². The van der Waals surface area contributed by atoms with Gasteiger partial charge >= 0.3 is 0 Å². The summed E-state index contributed by atoms with van der Waals surface area (Å²) >= 11 is 0. The third-order valence-electron chi connectivity index (χ3n) is 5.11. The number of nitrogens with one attached hydrogen (secondary N) is 2. The molecule has 1 aromatic rings. The molecular formula is C19H33Cl2N5O. The standard InChI is InChI=1S/C19H31N5O.2ClH/c1-22-11-13-24(14-12-22)16-17-3-2-4-18(15-17)19(25)21-7-10-23-8-5-20-6-9-23;;/h2-4,15,20H,5-14,16H2,1H3,(H,21,25);2*1H. The van der Waals surface area contributed by atoms with Gasteiger partial charge in [-0.05, 0) is 24.7 Å². The summed E-state index contributed by atoms with van der Waals surface area (Å²) in [6.07, 6.45) is 0. The molecule has 2 aliphatic heterocycles. The van der Waals surface area contributed by atoms with Gasteiger partial charge in [-0.25, -0.2) is 0 Å². The van der Waals surface area contributed by atoms with E-state index < -0.39 is 0 Å². The normalized spacial score (nSPS) is 19.0. The SMILES string of the molecule is CN1CCN(Cc2cccc(C(=O)NCCN3CCNCC3)c2)CC1.Cl.Cl. The molecule has 0 aromatic heterocycles. The van der Waals surface area contributed by atoms with Crippen LogP contribution < -0.4 is 10.6 Å². The molecule has 2 N–H and O–H groups in total. The van der Waals surface area contributed by atoms with E-state index in [0.29, 0.717) is 6.54 Å². The first-order valence-corrected chi connectivity index (χ1v) is 9.42. The van der Waals surface area contributed by atoms with E-state index in [4.69, 9.17) is 0 Å². The zero-order valence-corrected chi connectivity index (χ0v) is 17.8. The monoisotopic (exact) mass is 417 g/mol. The molecule has 6 nitrogen and oxygen atoms in total. The topological polar surface area (TPSA) is 50.9 Å². The third kappa shape index (κ3) is 7.94. The highest BCUT2D eigenvalue weighted by atomic mass is 35.5. The average molecular weight is 418 g/mol. The van der Waals surface area contributed by atoms with Gasteiger partial charge in [0, 0.05) is 77.6 Å². The van der Waals surface area contributed by atoms with Crippen LogP contribution in [0.1, 0.15) is 15.9 Å². The predicted octanol–water partition coefficient (Wildman–Crippen LogP) is 0.913. The van der Waals surface area contributed by atoms with Crippen LogP contribution in [0.3, 0.4) is 0 Å². The first-order valence-electron chi connectivity index (χ1n) is 9.42. The van der Waals surface area contributed by atoms with Crippen LogP contribution in [0.2, 0.25) is 0 Å². The minimum atomic E-state index is 0. The molecule has 2 saturated heterocycles. The average Bonchev–Trinajstić information content (AvgIpc) is 2.65. The molecule has 3 rings (SSSR count). The first kappa shape index (κ1) is 24.1. The minimum absolute atomic E-state index is 0. The van der Waals surface area contributed by atoms with E-state index in [0.717, 1.165) is 71.0 Å². The summed E-state index contributed by atoms with van der Waals surface area (Å²) in [6.45, 7) is 11.2. The van der Waals surface area contributed by atoms with E-state index in [-0.39, 0.29) is 30.7 Å². The maximum atomic E-state index is 12.4. The Hall–Kier alpha value is -0.890. The molecule has 8 heteroatoms. The van der Waals surface area contributed by atoms with E-state index in [1.54, 1.807) is 0 Å². The fourth-order valence-electron chi connectivity index (χ4n) is 3.44. The third-order valence-corrected chi connectivity index (χ3v) is 5.11. The number of carbonyl (C=O) groups excluding carboxylic acids is 1. The van der Waals surface area contributed by atoms with Crippen molar-refractivity contribution in [1.82, 2.24) is 25.3 Å². The number of piperazine rings is 2. The van der Waals surface area contributed by atoms with Gasteiger partial charge in [-0.3, -0.25) is 14.6 Å². The molecule has 154 valence electrons. The molecular weight excluding hydrogens is 385 g/mol. The molecule has 2 heterocycles. The van der Waals surface area contributed by atoms with Crippen molar-refractivity contribution in [2.45, 2.75) is 6.54 Å². The van der Waals surface area contributed by atoms with Crippen LogP contribution in [0.25, 0.3) is 0 Å².